The summed E-state index contributed by atoms with van der Waals surface area (Å²) in [5.41, 5.74) is 7.41. The number of nitrogens with zero attached hydrogens (tertiary/aromatic N) is 6. The van der Waals surface area contributed by atoms with Crippen molar-refractivity contribution in [2.75, 3.05) is 26.8 Å². The van der Waals surface area contributed by atoms with E-state index in [1.165, 1.54) is 0 Å². The zero-order valence-corrected chi connectivity index (χ0v) is 23.0. The van der Waals surface area contributed by atoms with Gasteiger partial charge in [-0.05, 0) is 51.8 Å². The maximum atomic E-state index is 11.9. The lowest BCUT2D eigenvalue weighted by atomic mass is 10.00. The summed E-state index contributed by atoms with van der Waals surface area (Å²) >= 11 is 0. The summed E-state index contributed by atoms with van der Waals surface area (Å²) in [4.78, 5) is 26.8. The van der Waals surface area contributed by atoms with Crippen LogP contribution in [0, 0.1) is 20.8 Å². The van der Waals surface area contributed by atoms with Crippen LogP contribution in [0.2, 0.25) is 0 Å². The van der Waals surface area contributed by atoms with Crippen LogP contribution in [0.5, 0.6) is 5.75 Å². The Labute approximate surface area is 230 Å². The van der Waals surface area contributed by atoms with Crippen molar-refractivity contribution in [3.8, 4) is 16.9 Å². The number of likely N-dealkylation sites (tertiary alicyclic amines) is 1. The van der Waals surface area contributed by atoms with Crippen molar-refractivity contribution in [1.29, 1.82) is 0 Å². The second kappa shape index (κ2) is 9.16. The quantitative estimate of drug-likeness (QED) is 0.318. The number of hydrogen-bond acceptors (Lipinski definition) is 8. The van der Waals surface area contributed by atoms with E-state index in [0.29, 0.717) is 31.3 Å². The van der Waals surface area contributed by atoms with Gasteiger partial charge in [0.05, 0.1) is 35.8 Å². The number of aryl methyl sites for hydroxylation is 3. The number of aliphatic hydroxyl groups excluding tert-OH is 1. The minimum absolute atomic E-state index is 0.0806. The molecule has 0 bridgehead atoms. The van der Waals surface area contributed by atoms with Gasteiger partial charge in [-0.3, -0.25) is 9.48 Å². The van der Waals surface area contributed by atoms with E-state index in [4.69, 9.17) is 24.3 Å². The Kier molecular flexibility index (Phi) is 5.67. The molecule has 0 spiro atoms. The fourth-order valence-electron chi connectivity index (χ4n) is 5.95. The third-order valence-electron chi connectivity index (χ3n) is 8.13. The van der Waals surface area contributed by atoms with Gasteiger partial charge in [-0.1, -0.05) is 5.16 Å². The number of amides is 1. The summed E-state index contributed by atoms with van der Waals surface area (Å²) in [6.45, 7) is 6.36. The molecule has 1 amide bonds. The van der Waals surface area contributed by atoms with Gasteiger partial charge in [0.25, 0.3) is 0 Å². The molecule has 0 atom stereocenters. The first-order chi connectivity index (χ1) is 19.3. The molecular formula is C29H31N7O4. The van der Waals surface area contributed by atoms with Crippen molar-refractivity contribution < 1.29 is 19.2 Å². The Bertz CT molecular complexity index is 1770. The number of H-pyrrole nitrogens is 1. The number of methoxy groups -OCH3 is 1. The highest BCUT2D eigenvalue weighted by Gasteiger charge is 2.35. The van der Waals surface area contributed by atoms with Crippen LogP contribution in [0.15, 0.2) is 22.7 Å². The number of rotatable bonds is 7. The van der Waals surface area contributed by atoms with Gasteiger partial charge in [-0.15, -0.1) is 0 Å². The van der Waals surface area contributed by atoms with Crippen LogP contribution in [0.3, 0.4) is 0 Å². The summed E-state index contributed by atoms with van der Waals surface area (Å²) in [5.74, 6) is 2.39. The molecule has 1 aliphatic heterocycles. The summed E-state index contributed by atoms with van der Waals surface area (Å²) in [5, 5.41) is 20.3. The largest absolute Gasteiger partial charge is 0.496 e. The van der Waals surface area contributed by atoms with Gasteiger partial charge in [0.2, 0.25) is 5.91 Å². The van der Waals surface area contributed by atoms with E-state index in [1.54, 1.807) is 12.0 Å². The van der Waals surface area contributed by atoms with Crippen LogP contribution in [-0.4, -0.2) is 72.6 Å². The minimum atomic E-state index is -0.466. The molecule has 0 unspecified atom stereocenters. The molecule has 2 aliphatic rings. The van der Waals surface area contributed by atoms with Gasteiger partial charge in [0, 0.05) is 53.0 Å². The van der Waals surface area contributed by atoms with E-state index in [1.807, 2.05) is 26.8 Å². The topological polar surface area (TPSA) is 135 Å². The molecule has 11 nitrogen and oxygen atoms in total. The molecule has 1 saturated heterocycles. The fourth-order valence-corrected chi connectivity index (χ4v) is 5.95. The van der Waals surface area contributed by atoms with E-state index < -0.39 is 6.61 Å². The summed E-state index contributed by atoms with van der Waals surface area (Å²) in [6, 6.07) is 6.38. The number of aromatic amines is 1. The van der Waals surface area contributed by atoms with Crippen LogP contribution in [0.4, 0.5) is 0 Å². The molecule has 206 valence electrons. The first kappa shape index (κ1) is 24.8. The van der Waals surface area contributed by atoms with Gasteiger partial charge < -0.3 is 24.3 Å². The Balaban J connectivity index is 1.33. The lowest BCUT2D eigenvalue weighted by Crippen LogP contribution is -2.52. The lowest BCUT2D eigenvalue weighted by molar-refractivity contribution is -0.140. The molecule has 4 aromatic heterocycles. The van der Waals surface area contributed by atoms with Gasteiger partial charge in [-0.25, -0.2) is 9.97 Å². The zero-order chi connectivity index (χ0) is 27.7. The second-order valence-electron chi connectivity index (χ2n) is 10.9. The second-order valence-corrected chi connectivity index (χ2v) is 10.9. The Hall–Kier alpha value is -4.25. The molecule has 1 aromatic carbocycles. The van der Waals surface area contributed by atoms with Crippen LogP contribution >= 0.6 is 0 Å². The summed E-state index contributed by atoms with van der Waals surface area (Å²) in [7, 11) is 1.67. The predicted molar refractivity (Wildman–Crippen MR) is 147 cm³/mol. The van der Waals surface area contributed by atoms with Crippen molar-refractivity contribution in [3.05, 3.63) is 52.6 Å². The molecule has 2 fully saturated rings. The van der Waals surface area contributed by atoms with Crippen molar-refractivity contribution in [2.45, 2.75) is 52.0 Å². The minimum Gasteiger partial charge on any atom is -0.496 e. The molecule has 5 heterocycles. The molecule has 0 radical (unpaired) electrons. The number of fused-ring (bicyclic) bond motifs is 3. The fraction of sp³-hybridized carbons (Fsp3) is 0.414. The maximum Gasteiger partial charge on any atom is 0.248 e. The number of carbonyl (C=O) groups is 1. The molecule has 1 saturated carbocycles. The van der Waals surface area contributed by atoms with Crippen LogP contribution in [0.1, 0.15) is 59.2 Å². The van der Waals surface area contributed by atoms with Crippen molar-refractivity contribution in [3.63, 3.8) is 0 Å². The Morgan fingerprint density at radius 1 is 1.18 bits per heavy atom. The molecule has 2 N–H and O–H groups in total. The molecule has 1 aliphatic carbocycles. The third kappa shape index (κ3) is 3.95. The highest BCUT2D eigenvalue weighted by atomic mass is 16.5. The molecule has 40 heavy (non-hydrogen) atoms. The van der Waals surface area contributed by atoms with E-state index in [0.717, 1.165) is 80.2 Å². The third-order valence-corrected chi connectivity index (χ3v) is 8.13. The number of hydrogen-bond donors (Lipinski definition) is 2. The number of nitrogens with one attached hydrogen (secondary N) is 1. The van der Waals surface area contributed by atoms with Crippen LogP contribution in [0.25, 0.3) is 33.1 Å². The Morgan fingerprint density at radius 3 is 2.65 bits per heavy atom. The van der Waals surface area contributed by atoms with Crippen molar-refractivity contribution >= 4 is 27.8 Å². The molecule has 11 heteroatoms. The van der Waals surface area contributed by atoms with Crippen molar-refractivity contribution in [1.82, 2.24) is 34.8 Å². The number of aliphatic hydroxyl groups is 1. The van der Waals surface area contributed by atoms with Gasteiger partial charge in [-0.2, -0.15) is 5.10 Å². The average molecular weight is 542 g/mol. The van der Waals surface area contributed by atoms with Gasteiger partial charge >= 0.3 is 0 Å². The van der Waals surface area contributed by atoms with Gasteiger partial charge in [0.1, 0.15) is 29.6 Å². The maximum absolute atomic E-state index is 11.9. The van der Waals surface area contributed by atoms with E-state index in [9.17, 15) is 9.90 Å². The lowest BCUT2D eigenvalue weighted by Gasteiger charge is -2.39. The van der Waals surface area contributed by atoms with E-state index in [-0.39, 0.29) is 11.9 Å². The molecule has 5 aromatic rings. The number of aromatic nitrogens is 6. The van der Waals surface area contributed by atoms with Crippen LogP contribution < -0.4 is 4.74 Å². The smallest absolute Gasteiger partial charge is 0.248 e. The van der Waals surface area contributed by atoms with Gasteiger partial charge in [0.15, 0.2) is 0 Å². The van der Waals surface area contributed by atoms with E-state index in [2.05, 4.69) is 27.0 Å². The number of benzene rings is 1. The zero-order valence-electron chi connectivity index (χ0n) is 23.0. The molecular weight excluding hydrogens is 510 g/mol. The number of carbonyl (C=O) groups excluding carboxylic acids is 1. The molecule has 7 rings (SSSR count). The first-order valence-corrected chi connectivity index (χ1v) is 13.6. The van der Waals surface area contributed by atoms with Crippen LogP contribution in [-0.2, 0) is 11.2 Å². The monoisotopic (exact) mass is 541 g/mol. The standard InChI is InChI=1S/C29H31N7O4/c1-14-27(15(2)40-34-14)21-9-23-20(10-25(21)39-4)28-24(30-16(3)31-29(28)32-23)8-18-7-22(17-5-6-17)33-36(18)19-11-35(12-19)26(38)13-37/h7,9-10,17,19,37H,5-6,8,11-13H2,1-4H3,(H,30,31,32). The summed E-state index contributed by atoms with van der Waals surface area (Å²) in [6.07, 6.45) is 2.89. The SMILES string of the molecule is COc1cc2c(cc1-c1c(C)noc1C)[nH]c1nc(C)nc(Cc3cc(C4CC4)nn3C3CN(C(=O)CO)C3)c12. The van der Waals surface area contributed by atoms with E-state index >= 15 is 0 Å². The highest BCUT2D eigenvalue weighted by Crippen LogP contribution is 2.42. The summed E-state index contributed by atoms with van der Waals surface area (Å²) < 4.78 is 13.4. The first-order valence-electron chi connectivity index (χ1n) is 13.6. The predicted octanol–water partition coefficient (Wildman–Crippen LogP) is 3.74. The normalized spacial score (nSPS) is 15.8. The van der Waals surface area contributed by atoms with Crippen molar-refractivity contribution in [2.24, 2.45) is 0 Å². The average Bonchev–Trinajstić information content (AvgIpc) is 3.47. The Morgan fingerprint density at radius 2 is 1.98 bits per heavy atom. The number of ether oxygens (including phenoxy) is 1. The highest BCUT2D eigenvalue weighted by molar-refractivity contribution is 6.09.